The highest BCUT2D eigenvalue weighted by atomic mass is 32.1. The average Bonchev–Trinajstić information content (AvgIpc) is 2.62. The fourth-order valence-electron chi connectivity index (χ4n) is 1.31. The molecular formula is C10H16N2O3S. The van der Waals surface area contributed by atoms with Crippen LogP contribution in [0.15, 0.2) is 0 Å². The molecule has 0 unspecified atom stereocenters. The second-order valence-corrected chi connectivity index (χ2v) is 4.46. The van der Waals surface area contributed by atoms with Crippen molar-refractivity contribution in [2.45, 2.75) is 13.8 Å². The molecule has 0 aromatic carbocycles. The number of rotatable bonds is 6. The monoisotopic (exact) mass is 244 g/mol. The molecule has 0 aliphatic rings. The van der Waals surface area contributed by atoms with Gasteiger partial charge in [0.15, 0.2) is 10.8 Å². The zero-order valence-electron chi connectivity index (χ0n) is 9.69. The minimum Gasteiger partial charge on any atom is -0.476 e. The maximum absolute atomic E-state index is 10.9. The van der Waals surface area contributed by atoms with Gasteiger partial charge in [0, 0.05) is 25.1 Å². The molecule has 0 bridgehead atoms. The topological polar surface area (TPSA) is 62.7 Å². The predicted octanol–water partition coefficient (Wildman–Crippen LogP) is 1.62. The Morgan fingerprint density at radius 1 is 1.62 bits per heavy atom. The summed E-state index contributed by atoms with van der Waals surface area (Å²) in [5.41, 5.74) is 0.149. The SMILES string of the molecule is CCN(CCOC)c1nc(C(=O)O)c(C)s1. The largest absolute Gasteiger partial charge is 0.476 e. The number of aromatic nitrogens is 1. The van der Waals surface area contributed by atoms with Crippen molar-refractivity contribution in [3.05, 3.63) is 10.6 Å². The Balaban J connectivity index is 2.85. The Bertz CT molecular complexity index is 365. The number of carboxylic acids is 1. The Labute approximate surface area is 98.7 Å². The number of nitrogens with zero attached hydrogens (tertiary/aromatic N) is 2. The normalized spacial score (nSPS) is 10.4. The van der Waals surface area contributed by atoms with E-state index in [0.717, 1.165) is 23.1 Å². The molecule has 0 spiro atoms. The number of methoxy groups -OCH3 is 1. The second-order valence-electron chi connectivity index (χ2n) is 3.28. The number of hydrogen-bond acceptors (Lipinski definition) is 5. The van der Waals surface area contributed by atoms with Gasteiger partial charge in [-0.2, -0.15) is 0 Å². The van der Waals surface area contributed by atoms with Crippen LogP contribution < -0.4 is 4.90 Å². The molecule has 5 nitrogen and oxygen atoms in total. The molecule has 6 heteroatoms. The molecule has 1 aromatic heterocycles. The lowest BCUT2D eigenvalue weighted by Gasteiger charge is -2.18. The van der Waals surface area contributed by atoms with Gasteiger partial charge < -0.3 is 14.7 Å². The number of likely N-dealkylation sites (N-methyl/N-ethyl adjacent to an activating group) is 1. The van der Waals surface area contributed by atoms with Crippen LogP contribution >= 0.6 is 11.3 Å². The number of anilines is 1. The summed E-state index contributed by atoms with van der Waals surface area (Å²) in [5.74, 6) is -0.970. The van der Waals surface area contributed by atoms with E-state index in [2.05, 4.69) is 4.98 Å². The lowest BCUT2D eigenvalue weighted by molar-refractivity contribution is 0.0690. The molecule has 1 rings (SSSR count). The van der Waals surface area contributed by atoms with Crippen molar-refractivity contribution in [2.75, 3.05) is 31.7 Å². The van der Waals surface area contributed by atoms with Crippen molar-refractivity contribution < 1.29 is 14.6 Å². The summed E-state index contributed by atoms with van der Waals surface area (Å²) >= 11 is 1.40. The fraction of sp³-hybridized carbons (Fsp3) is 0.600. The first-order chi connectivity index (χ1) is 7.60. The number of aromatic carboxylic acids is 1. The maximum Gasteiger partial charge on any atom is 0.355 e. The molecule has 1 N–H and O–H groups in total. The molecule has 0 atom stereocenters. The summed E-state index contributed by atoms with van der Waals surface area (Å²) in [5, 5.41) is 9.66. The molecule has 0 radical (unpaired) electrons. The zero-order valence-corrected chi connectivity index (χ0v) is 10.5. The summed E-state index contributed by atoms with van der Waals surface area (Å²) in [6.07, 6.45) is 0. The van der Waals surface area contributed by atoms with E-state index in [9.17, 15) is 4.79 Å². The van der Waals surface area contributed by atoms with E-state index < -0.39 is 5.97 Å². The second kappa shape index (κ2) is 5.81. The van der Waals surface area contributed by atoms with E-state index >= 15 is 0 Å². The van der Waals surface area contributed by atoms with Gasteiger partial charge in [0.05, 0.1) is 6.61 Å². The van der Waals surface area contributed by atoms with E-state index in [0.29, 0.717) is 6.61 Å². The van der Waals surface area contributed by atoms with Gasteiger partial charge in [0.1, 0.15) is 0 Å². The van der Waals surface area contributed by atoms with Gasteiger partial charge in [-0.1, -0.05) is 0 Å². The first-order valence-corrected chi connectivity index (χ1v) is 5.86. The number of aryl methyl sites for hydroxylation is 1. The summed E-state index contributed by atoms with van der Waals surface area (Å²) < 4.78 is 5.00. The minimum atomic E-state index is -0.970. The third kappa shape index (κ3) is 2.93. The third-order valence-corrected chi connectivity index (χ3v) is 3.24. The van der Waals surface area contributed by atoms with Gasteiger partial charge in [-0.15, -0.1) is 11.3 Å². The van der Waals surface area contributed by atoms with Gasteiger partial charge in [0.2, 0.25) is 0 Å². The van der Waals surface area contributed by atoms with Gasteiger partial charge in [-0.05, 0) is 13.8 Å². The Morgan fingerprint density at radius 2 is 2.31 bits per heavy atom. The molecule has 0 amide bonds. The van der Waals surface area contributed by atoms with Crippen molar-refractivity contribution in [2.24, 2.45) is 0 Å². The predicted molar refractivity (Wildman–Crippen MR) is 63.6 cm³/mol. The van der Waals surface area contributed by atoms with Crippen LogP contribution in [0.25, 0.3) is 0 Å². The average molecular weight is 244 g/mol. The standard InChI is InChI=1S/C10H16N2O3S/c1-4-12(5-6-15-3)10-11-8(9(13)14)7(2)16-10/h4-6H2,1-3H3,(H,13,14). The summed E-state index contributed by atoms with van der Waals surface area (Å²) in [6.45, 7) is 5.89. The van der Waals surface area contributed by atoms with Crippen molar-refractivity contribution in [3.8, 4) is 0 Å². The van der Waals surface area contributed by atoms with Crippen LogP contribution in [0.4, 0.5) is 5.13 Å². The van der Waals surface area contributed by atoms with Gasteiger partial charge in [0.25, 0.3) is 0 Å². The number of carbonyl (C=O) groups is 1. The molecule has 90 valence electrons. The van der Waals surface area contributed by atoms with E-state index in [1.807, 2.05) is 11.8 Å². The van der Waals surface area contributed by atoms with Crippen LogP contribution in [0.5, 0.6) is 0 Å². The molecule has 0 saturated heterocycles. The zero-order chi connectivity index (χ0) is 12.1. The Kier molecular flexibility index (Phi) is 4.70. The molecule has 0 fully saturated rings. The number of thiazole rings is 1. The van der Waals surface area contributed by atoms with Crippen LogP contribution in [-0.2, 0) is 4.74 Å². The van der Waals surface area contributed by atoms with Crippen molar-refractivity contribution in [1.82, 2.24) is 4.98 Å². The molecule has 16 heavy (non-hydrogen) atoms. The fourth-order valence-corrected chi connectivity index (χ4v) is 2.30. The maximum atomic E-state index is 10.9. The van der Waals surface area contributed by atoms with Crippen LogP contribution in [0, 0.1) is 6.92 Å². The molecule has 0 aliphatic heterocycles. The van der Waals surface area contributed by atoms with E-state index in [1.54, 1.807) is 14.0 Å². The third-order valence-electron chi connectivity index (χ3n) is 2.21. The van der Waals surface area contributed by atoms with Crippen LogP contribution in [-0.4, -0.2) is 42.9 Å². The van der Waals surface area contributed by atoms with E-state index in [-0.39, 0.29) is 5.69 Å². The highest BCUT2D eigenvalue weighted by Crippen LogP contribution is 2.25. The Hall–Kier alpha value is -1.14. The molecular weight excluding hydrogens is 228 g/mol. The van der Waals surface area contributed by atoms with E-state index in [4.69, 9.17) is 9.84 Å². The summed E-state index contributed by atoms with van der Waals surface area (Å²) in [6, 6.07) is 0. The first kappa shape index (κ1) is 12.9. The molecule has 0 saturated carbocycles. The van der Waals surface area contributed by atoms with Crippen molar-refractivity contribution in [1.29, 1.82) is 0 Å². The summed E-state index contributed by atoms with van der Waals surface area (Å²) in [7, 11) is 1.64. The van der Waals surface area contributed by atoms with Crippen molar-refractivity contribution >= 4 is 22.4 Å². The van der Waals surface area contributed by atoms with Gasteiger partial charge in [-0.3, -0.25) is 0 Å². The van der Waals surface area contributed by atoms with Gasteiger partial charge in [-0.25, -0.2) is 9.78 Å². The molecule has 1 heterocycles. The highest BCUT2D eigenvalue weighted by Gasteiger charge is 2.17. The quantitative estimate of drug-likeness (QED) is 0.824. The number of hydrogen-bond donors (Lipinski definition) is 1. The van der Waals surface area contributed by atoms with Crippen LogP contribution in [0.1, 0.15) is 22.3 Å². The molecule has 0 aliphatic carbocycles. The van der Waals surface area contributed by atoms with E-state index in [1.165, 1.54) is 11.3 Å². The number of carboxylic acid groups (broad SMARTS) is 1. The first-order valence-electron chi connectivity index (χ1n) is 5.04. The van der Waals surface area contributed by atoms with Crippen molar-refractivity contribution in [3.63, 3.8) is 0 Å². The lowest BCUT2D eigenvalue weighted by Crippen LogP contribution is -2.26. The molecule has 1 aromatic rings. The lowest BCUT2D eigenvalue weighted by atomic mass is 10.4. The van der Waals surface area contributed by atoms with Crippen LogP contribution in [0.2, 0.25) is 0 Å². The summed E-state index contributed by atoms with van der Waals surface area (Å²) in [4.78, 5) is 17.7. The van der Waals surface area contributed by atoms with Crippen LogP contribution in [0.3, 0.4) is 0 Å². The smallest absolute Gasteiger partial charge is 0.355 e. The highest BCUT2D eigenvalue weighted by molar-refractivity contribution is 7.15. The Morgan fingerprint density at radius 3 is 2.75 bits per heavy atom. The van der Waals surface area contributed by atoms with Gasteiger partial charge >= 0.3 is 5.97 Å². The number of ether oxygens (including phenoxy) is 1. The minimum absolute atomic E-state index is 0.149.